The van der Waals surface area contributed by atoms with Crippen LogP contribution < -0.4 is 10.9 Å². The molecule has 0 radical (unpaired) electrons. The molecule has 17 heavy (non-hydrogen) atoms. The van der Waals surface area contributed by atoms with E-state index in [1.54, 1.807) is 32.2 Å². The lowest BCUT2D eigenvalue weighted by atomic mass is 10.2. The van der Waals surface area contributed by atoms with Gasteiger partial charge in [-0.25, -0.2) is 4.39 Å². The molecule has 2 N–H and O–H groups in total. The van der Waals surface area contributed by atoms with Gasteiger partial charge >= 0.3 is 0 Å². The third-order valence-corrected chi connectivity index (χ3v) is 2.71. The summed E-state index contributed by atoms with van der Waals surface area (Å²) >= 11 is 0. The SMILES string of the molecule is CNCc1c(C)n(-c2ccccc2F)[nH]c1=O. The zero-order valence-corrected chi connectivity index (χ0v) is 9.75. The molecule has 0 aliphatic rings. The highest BCUT2D eigenvalue weighted by molar-refractivity contribution is 5.36. The Morgan fingerprint density at radius 2 is 2.12 bits per heavy atom. The van der Waals surface area contributed by atoms with Gasteiger partial charge in [0.2, 0.25) is 0 Å². The molecule has 1 heterocycles. The highest BCUT2D eigenvalue weighted by Crippen LogP contribution is 2.14. The van der Waals surface area contributed by atoms with Crippen molar-refractivity contribution in [2.75, 3.05) is 7.05 Å². The summed E-state index contributed by atoms with van der Waals surface area (Å²) in [7, 11) is 1.76. The molecule has 0 saturated heterocycles. The average Bonchev–Trinajstić information content (AvgIpc) is 2.58. The van der Waals surface area contributed by atoms with Crippen molar-refractivity contribution in [1.29, 1.82) is 0 Å². The Morgan fingerprint density at radius 3 is 2.76 bits per heavy atom. The first-order valence-electron chi connectivity index (χ1n) is 5.35. The molecule has 4 nitrogen and oxygen atoms in total. The van der Waals surface area contributed by atoms with E-state index in [-0.39, 0.29) is 11.4 Å². The largest absolute Gasteiger partial charge is 0.315 e. The topological polar surface area (TPSA) is 49.8 Å². The molecule has 90 valence electrons. The van der Waals surface area contributed by atoms with E-state index in [9.17, 15) is 9.18 Å². The summed E-state index contributed by atoms with van der Waals surface area (Å²) < 4.78 is 15.1. The molecule has 0 aliphatic carbocycles. The van der Waals surface area contributed by atoms with Crippen molar-refractivity contribution in [3.05, 3.63) is 51.7 Å². The van der Waals surface area contributed by atoms with E-state index < -0.39 is 0 Å². The summed E-state index contributed by atoms with van der Waals surface area (Å²) in [5, 5.41) is 5.55. The number of para-hydroxylation sites is 1. The monoisotopic (exact) mass is 235 g/mol. The average molecular weight is 235 g/mol. The summed E-state index contributed by atoms with van der Waals surface area (Å²) in [5.74, 6) is -0.363. The van der Waals surface area contributed by atoms with Crippen molar-refractivity contribution in [3.63, 3.8) is 0 Å². The number of hydrogen-bond acceptors (Lipinski definition) is 2. The minimum Gasteiger partial charge on any atom is -0.315 e. The number of aromatic amines is 1. The predicted octanol–water partition coefficient (Wildman–Crippen LogP) is 1.33. The molecule has 2 aromatic rings. The Hall–Kier alpha value is -1.88. The summed E-state index contributed by atoms with van der Waals surface area (Å²) in [6, 6.07) is 6.34. The first-order chi connectivity index (χ1) is 8.15. The van der Waals surface area contributed by atoms with E-state index in [1.807, 2.05) is 0 Å². The van der Waals surface area contributed by atoms with Crippen molar-refractivity contribution in [2.24, 2.45) is 0 Å². The van der Waals surface area contributed by atoms with Crippen LogP contribution in [0.4, 0.5) is 4.39 Å². The Kier molecular flexibility index (Phi) is 3.10. The van der Waals surface area contributed by atoms with Crippen LogP contribution in [0.3, 0.4) is 0 Å². The number of rotatable bonds is 3. The van der Waals surface area contributed by atoms with Crippen LogP contribution in [0.5, 0.6) is 0 Å². The summed E-state index contributed by atoms with van der Waals surface area (Å²) in [4.78, 5) is 11.7. The molecule has 1 aromatic heterocycles. The van der Waals surface area contributed by atoms with Crippen molar-refractivity contribution < 1.29 is 4.39 Å². The molecular weight excluding hydrogens is 221 g/mol. The van der Waals surface area contributed by atoms with Crippen molar-refractivity contribution in [2.45, 2.75) is 13.5 Å². The molecule has 5 heteroatoms. The molecule has 0 saturated carbocycles. The van der Waals surface area contributed by atoms with Gasteiger partial charge in [0.15, 0.2) is 0 Å². The van der Waals surface area contributed by atoms with Gasteiger partial charge in [0.05, 0.1) is 11.3 Å². The van der Waals surface area contributed by atoms with Gasteiger partial charge < -0.3 is 5.32 Å². The molecule has 1 aromatic carbocycles. The van der Waals surface area contributed by atoms with Gasteiger partial charge in [-0.2, -0.15) is 0 Å². The van der Waals surface area contributed by atoms with E-state index in [2.05, 4.69) is 10.4 Å². The second-order valence-electron chi connectivity index (χ2n) is 3.82. The number of nitrogens with one attached hydrogen (secondary N) is 2. The highest BCUT2D eigenvalue weighted by atomic mass is 19.1. The maximum atomic E-state index is 13.6. The van der Waals surface area contributed by atoms with Gasteiger partial charge in [-0.05, 0) is 26.1 Å². The van der Waals surface area contributed by atoms with Gasteiger partial charge in [0, 0.05) is 12.2 Å². The van der Waals surface area contributed by atoms with Crippen LogP contribution >= 0.6 is 0 Å². The fraction of sp³-hybridized carbons (Fsp3) is 0.250. The molecule has 0 amide bonds. The first-order valence-corrected chi connectivity index (χ1v) is 5.35. The number of H-pyrrole nitrogens is 1. The number of halogens is 1. The number of aromatic nitrogens is 2. The van der Waals surface area contributed by atoms with Crippen LogP contribution in [0.1, 0.15) is 11.3 Å². The zero-order chi connectivity index (χ0) is 12.4. The quantitative estimate of drug-likeness (QED) is 0.843. The molecule has 0 aliphatic heterocycles. The van der Waals surface area contributed by atoms with Crippen molar-refractivity contribution in [3.8, 4) is 5.69 Å². The second kappa shape index (κ2) is 4.55. The van der Waals surface area contributed by atoms with Gasteiger partial charge in [0.25, 0.3) is 5.56 Å². The molecule has 2 rings (SSSR count). The van der Waals surface area contributed by atoms with Crippen LogP contribution in [0.25, 0.3) is 5.69 Å². The number of hydrogen-bond donors (Lipinski definition) is 2. The fourth-order valence-electron chi connectivity index (χ4n) is 1.81. The van der Waals surface area contributed by atoms with E-state index in [0.717, 1.165) is 5.69 Å². The molecule has 0 bridgehead atoms. The summed E-state index contributed by atoms with van der Waals surface area (Å²) in [5.41, 5.74) is 1.50. The van der Waals surface area contributed by atoms with Gasteiger partial charge in [-0.1, -0.05) is 12.1 Å². The lowest BCUT2D eigenvalue weighted by Crippen LogP contribution is -2.14. The minimum atomic E-state index is -0.363. The predicted molar refractivity (Wildman–Crippen MR) is 63.8 cm³/mol. The Morgan fingerprint density at radius 1 is 1.41 bits per heavy atom. The minimum absolute atomic E-state index is 0.194. The maximum absolute atomic E-state index is 13.6. The van der Waals surface area contributed by atoms with Crippen LogP contribution in [0.15, 0.2) is 29.1 Å². The van der Waals surface area contributed by atoms with Gasteiger partial charge in [0.1, 0.15) is 5.82 Å². The van der Waals surface area contributed by atoms with Crippen LogP contribution in [0.2, 0.25) is 0 Å². The number of benzene rings is 1. The summed E-state index contributed by atoms with van der Waals surface area (Å²) in [6.07, 6.45) is 0. The lowest BCUT2D eigenvalue weighted by Gasteiger charge is -2.06. The Bertz CT molecular complexity index is 586. The fourth-order valence-corrected chi connectivity index (χ4v) is 1.81. The van der Waals surface area contributed by atoms with E-state index in [4.69, 9.17) is 0 Å². The zero-order valence-electron chi connectivity index (χ0n) is 9.75. The summed E-state index contributed by atoms with van der Waals surface area (Å²) in [6.45, 7) is 2.25. The second-order valence-corrected chi connectivity index (χ2v) is 3.82. The standard InChI is InChI=1S/C12H14FN3O/c1-8-9(7-14-2)12(17)15-16(8)11-6-4-3-5-10(11)13/h3-6,14H,7H2,1-2H3,(H,15,17). The molecule has 0 spiro atoms. The highest BCUT2D eigenvalue weighted by Gasteiger charge is 2.13. The van der Waals surface area contributed by atoms with Crippen LogP contribution in [-0.2, 0) is 6.54 Å². The third-order valence-electron chi connectivity index (χ3n) is 2.71. The van der Waals surface area contributed by atoms with Crippen molar-refractivity contribution >= 4 is 0 Å². The molecule has 0 unspecified atom stereocenters. The van der Waals surface area contributed by atoms with Crippen LogP contribution in [-0.4, -0.2) is 16.8 Å². The van der Waals surface area contributed by atoms with E-state index in [0.29, 0.717) is 17.8 Å². The normalized spacial score (nSPS) is 10.8. The third kappa shape index (κ3) is 2.01. The number of nitrogens with zero attached hydrogens (tertiary/aromatic N) is 1. The molecule has 0 atom stereocenters. The maximum Gasteiger partial charge on any atom is 0.269 e. The Balaban J connectivity index is 2.58. The van der Waals surface area contributed by atoms with Gasteiger partial charge in [-0.15, -0.1) is 0 Å². The molecular formula is C12H14FN3O. The Labute approximate surface area is 98.1 Å². The smallest absolute Gasteiger partial charge is 0.269 e. The van der Waals surface area contributed by atoms with E-state index >= 15 is 0 Å². The van der Waals surface area contributed by atoms with Gasteiger partial charge in [-0.3, -0.25) is 14.6 Å². The molecule has 0 fully saturated rings. The van der Waals surface area contributed by atoms with Crippen LogP contribution in [0, 0.1) is 12.7 Å². The van der Waals surface area contributed by atoms with Crippen molar-refractivity contribution in [1.82, 2.24) is 15.1 Å². The van der Waals surface area contributed by atoms with E-state index in [1.165, 1.54) is 10.7 Å². The first kappa shape index (κ1) is 11.6. The lowest BCUT2D eigenvalue weighted by molar-refractivity contribution is 0.607.